The van der Waals surface area contributed by atoms with E-state index in [-0.39, 0.29) is 0 Å². The highest BCUT2D eigenvalue weighted by Gasteiger charge is 2.21. The number of aromatic amines is 2. The molecule has 0 aromatic carbocycles. The zero-order valence-electron chi connectivity index (χ0n) is 45.0. The van der Waals surface area contributed by atoms with Crippen LogP contribution in [0.3, 0.4) is 0 Å². The van der Waals surface area contributed by atoms with E-state index in [0.29, 0.717) is 0 Å². The molecule has 9 heterocycles. The third kappa shape index (κ3) is 12.9. The number of nitrogens with zero attached hydrogens (tertiary/aromatic N) is 10. The molecule has 12 nitrogen and oxygen atoms in total. The summed E-state index contributed by atoms with van der Waals surface area (Å²) >= 11 is 0. The SMILES string of the molecule is C[N+](C)(C)CC[n+]1ccc(C2=Cc3cc4[nH]c(cc4-c4cc[n+](CC[N+](C)(C)C)cc4)cc4[nH]c(cc5nc(cc2n3)C=C5c2cc[n+](CC[N+](C)(C)C)cc2)cc4-c2cc[n+](CC[N+](C)(C)C)cc2)cc1. The molecule has 8 bridgehead atoms. The first-order valence-corrected chi connectivity index (χ1v) is 25.5. The zero-order chi connectivity index (χ0) is 51.0. The largest absolute Gasteiger partial charge is 0.355 e. The lowest BCUT2D eigenvalue weighted by Gasteiger charge is -2.21. The van der Waals surface area contributed by atoms with E-state index in [1.54, 1.807) is 0 Å². The van der Waals surface area contributed by atoms with Gasteiger partial charge in [-0.25, -0.2) is 9.97 Å². The van der Waals surface area contributed by atoms with Crippen LogP contribution in [0.15, 0.2) is 135 Å². The van der Waals surface area contributed by atoms with Gasteiger partial charge >= 0.3 is 0 Å². The quantitative estimate of drug-likeness (QED) is 0.0827. The standard InChI is InChI=1S/C60H77N12/c1-69(2,3)33-29-65-21-13-45(14-22-65)53-37-49-42-58-55(47-17-25-67(26-18-47)31-35-71(7,8)9)39-51(63-58)44-60-56(48-19-27-68(28-20-48)32-36-72(10,11)12)40-52(64-60)43-59-54(38-50(62-59)41-57(53)61-49)46-15-23-66(24-16-46)30-34-70(4,5)6/h13-28,37-44H,29-36H2,1-12H3,(H,61,62,63,64)/q+7/p+1. The molecule has 9 rings (SSSR count). The number of hydrogen-bond acceptors (Lipinski definition) is 2. The molecule has 0 atom stereocenters. The molecule has 0 fully saturated rings. The van der Waals surface area contributed by atoms with Crippen molar-refractivity contribution in [2.75, 3.05) is 111 Å². The smallest absolute Gasteiger partial charge is 0.196 e. The van der Waals surface area contributed by atoms with E-state index >= 15 is 0 Å². The van der Waals surface area contributed by atoms with Crippen molar-refractivity contribution in [3.8, 4) is 22.3 Å². The first kappa shape index (κ1) is 50.0. The molecular formula is C60H78N12+8. The molecule has 2 N–H and O–H groups in total. The summed E-state index contributed by atoms with van der Waals surface area (Å²) in [6.07, 6.45) is 22.1. The second-order valence-electron chi connectivity index (χ2n) is 24.0. The van der Waals surface area contributed by atoms with Crippen molar-refractivity contribution in [2.45, 2.75) is 26.2 Å². The number of fused-ring (bicyclic) bond motifs is 8. The Balaban J connectivity index is 1.23. The van der Waals surface area contributed by atoms with Crippen molar-refractivity contribution >= 4 is 45.4 Å². The monoisotopic (exact) mass is 967 g/mol. The summed E-state index contributed by atoms with van der Waals surface area (Å²) in [5, 5.41) is 0. The van der Waals surface area contributed by atoms with Gasteiger partial charge in [-0.15, -0.1) is 0 Å². The van der Waals surface area contributed by atoms with E-state index in [9.17, 15) is 0 Å². The molecule has 72 heavy (non-hydrogen) atoms. The molecule has 0 spiro atoms. The van der Waals surface area contributed by atoms with Crippen LogP contribution in [0.4, 0.5) is 0 Å². The van der Waals surface area contributed by atoms with Crippen molar-refractivity contribution in [3.05, 3.63) is 168 Å². The van der Waals surface area contributed by atoms with Gasteiger partial charge in [0.15, 0.2) is 75.8 Å². The molecule has 0 radical (unpaired) electrons. The highest BCUT2D eigenvalue weighted by atomic mass is 15.3. The van der Waals surface area contributed by atoms with Crippen LogP contribution in [0.25, 0.3) is 67.6 Å². The average molecular weight is 967 g/mol. The maximum atomic E-state index is 5.40. The third-order valence-corrected chi connectivity index (χ3v) is 13.5. The van der Waals surface area contributed by atoms with E-state index in [2.05, 4.69) is 259 Å². The van der Waals surface area contributed by atoms with Crippen LogP contribution >= 0.6 is 0 Å². The van der Waals surface area contributed by atoms with Crippen LogP contribution in [0.5, 0.6) is 0 Å². The second-order valence-corrected chi connectivity index (χ2v) is 24.0. The Hall–Kier alpha value is -6.96. The topological polar surface area (TPSA) is 72.9 Å². The van der Waals surface area contributed by atoms with Crippen molar-refractivity contribution in [2.24, 2.45) is 0 Å². The van der Waals surface area contributed by atoms with Gasteiger partial charge in [-0.05, 0) is 70.8 Å². The Morgan fingerprint density at radius 2 is 0.667 bits per heavy atom. The summed E-state index contributed by atoms with van der Waals surface area (Å²) in [6.45, 7) is 7.90. The molecule has 7 aromatic rings. The van der Waals surface area contributed by atoms with Gasteiger partial charge < -0.3 is 27.9 Å². The summed E-state index contributed by atoms with van der Waals surface area (Å²) in [6, 6.07) is 31.2. The van der Waals surface area contributed by atoms with Gasteiger partial charge in [0.2, 0.25) is 0 Å². The van der Waals surface area contributed by atoms with Crippen LogP contribution < -0.4 is 18.3 Å². The van der Waals surface area contributed by atoms with Crippen LogP contribution in [0, 0.1) is 0 Å². The molecule has 0 saturated heterocycles. The summed E-state index contributed by atoms with van der Waals surface area (Å²) < 4.78 is 12.7. The Morgan fingerprint density at radius 1 is 0.361 bits per heavy atom. The highest BCUT2D eigenvalue weighted by Crippen LogP contribution is 2.35. The zero-order valence-corrected chi connectivity index (χ0v) is 45.0. The minimum Gasteiger partial charge on any atom is -0.355 e. The number of pyridine rings is 4. The Labute approximate surface area is 427 Å². The van der Waals surface area contributed by atoms with E-state index in [1.807, 2.05) is 0 Å². The number of quaternary nitrogens is 4. The molecule has 0 saturated carbocycles. The molecule has 370 valence electrons. The van der Waals surface area contributed by atoms with E-state index in [4.69, 9.17) is 9.97 Å². The number of nitrogens with one attached hydrogen (secondary N) is 2. The molecule has 0 aliphatic carbocycles. The lowest BCUT2D eigenvalue weighted by atomic mass is 10.0. The number of aromatic nitrogens is 8. The van der Waals surface area contributed by atoms with Crippen LogP contribution in [-0.2, 0) is 26.2 Å². The minimum absolute atomic E-state index is 0.857. The van der Waals surface area contributed by atoms with Gasteiger partial charge in [0.05, 0.1) is 107 Å². The van der Waals surface area contributed by atoms with Gasteiger partial charge in [-0.3, -0.25) is 0 Å². The fraction of sp³-hybridized carbons (Fsp3) is 0.333. The van der Waals surface area contributed by atoms with Crippen molar-refractivity contribution in [1.29, 1.82) is 0 Å². The number of likely N-dealkylation sites (N-methyl/N-ethyl adjacent to an activating group) is 4. The number of hydrogen-bond donors (Lipinski definition) is 2. The van der Waals surface area contributed by atoms with E-state index in [1.165, 1.54) is 0 Å². The van der Waals surface area contributed by atoms with Gasteiger partial charge in [-0.1, -0.05) is 0 Å². The summed E-state index contributed by atoms with van der Waals surface area (Å²) in [7, 11) is 26.9. The van der Waals surface area contributed by atoms with Crippen LogP contribution in [0.1, 0.15) is 33.9 Å². The lowest BCUT2D eigenvalue weighted by Crippen LogP contribution is -2.45. The van der Waals surface area contributed by atoms with Crippen LogP contribution in [-0.4, -0.2) is 149 Å². The molecule has 0 unspecified atom stereocenters. The molecule has 12 heteroatoms. The molecule has 2 aliphatic heterocycles. The van der Waals surface area contributed by atoms with Gasteiger partial charge in [0.25, 0.3) is 0 Å². The van der Waals surface area contributed by atoms with Gasteiger partial charge in [0.1, 0.15) is 26.2 Å². The third-order valence-electron chi connectivity index (χ3n) is 13.5. The van der Waals surface area contributed by atoms with Crippen molar-refractivity contribution in [1.82, 2.24) is 19.9 Å². The van der Waals surface area contributed by atoms with Gasteiger partial charge in [0, 0.05) is 92.9 Å². The normalized spacial score (nSPS) is 13.3. The summed E-state index contributed by atoms with van der Waals surface area (Å²) in [4.78, 5) is 18.5. The average Bonchev–Trinajstić information content (AvgIpc) is 4.12. The maximum absolute atomic E-state index is 5.40. The maximum Gasteiger partial charge on any atom is 0.196 e. The fourth-order valence-corrected chi connectivity index (χ4v) is 8.98. The Morgan fingerprint density at radius 3 is 1.03 bits per heavy atom. The van der Waals surface area contributed by atoms with Crippen molar-refractivity contribution in [3.63, 3.8) is 0 Å². The summed E-state index contributed by atoms with van der Waals surface area (Å²) in [5.41, 5.74) is 16.4. The Kier molecular flexibility index (Phi) is 13.8. The molecule has 7 aromatic heterocycles. The highest BCUT2D eigenvalue weighted by molar-refractivity contribution is 5.97. The van der Waals surface area contributed by atoms with Gasteiger partial charge in [-0.2, -0.15) is 18.3 Å². The molecule has 2 aliphatic rings. The fourth-order valence-electron chi connectivity index (χ4n) is 8.98. The molecular weight excluding hydrogens is 889 g/mol. The second kappa shape index (κ2) is 19.9. The van der Waals surface area contributed by atoms with E-state index in [0.717, 1.165) is 160 Å². The predicted octanol–water partition coefficient (Wildman–Crippen LogP) is 6.80. The number of rotatable bonds is 16. The Bertz CT molecular complexity index is 3290. The van der Waals surface area contributed by atoms with Crippen LogP contribution in [0.2, 0.25) is 0 Å². The molecule has 0 amide bonds. The van der Waals surface area contributed by atoms with Crippen molar-refractivity contribution < 1.29 is 36.2 Å². The lowest BCUT2D eigenvalue weighted by molar-refractivity contribution is -0.892. The first-order valence-electron chi connectivity index (χ1n) is 25.5. The predicted molar refractivity (Wildman–Crippen MR) is 291 cm³/mol. The first-order chi connectivity index (χ1) is 34.0. The minimum atomic E-state index is 0.857. The summed E-state index contributed by atoms with van der Waals surface area (Å²) in [5.74, 6) is 0. The number of H-pyrrole nitrogens is 2. The van der Waals surface area contributed by atoms with E-state index < -0.39 is 0 Å².